The summed E-state index contributed by atoms with van der Waals surface area (Å²) in [6.07, 6.45) is 5.98. The van der Waals surface area contributed by atoms with Gasteiger partial charge in [0.25, 0.3) is 0 Å². The highest BCUT2D eigenvalue weighted by Crippen LogP contribution is 2.04. The maximum Gasteiger partial charge on any atom is 0.0298 e. The van der Waals surface area contributed by atoms with Crippen LogP contribution < -0.4 is 0 Å². The molecule has 0 aromatic heterocycles. The molecule has 1 rings (SSSR count). The van der Waals surface area contributed by atoms with E-state index in [-0.39, 0.29) is 0 Å². The molecule has 0 saturated carbocycles. The van der Waals surface area contributed by atoms with Crippen LogP contribution in [0.2, 0.25) is 0 Å². The maximum absolute atomic E-state index is 8.07. The largest absolute Gasteiger partial charge is 0.115 e. The van der Waals surface area contributed by atoms with Gasteiger partial charge >= 0.3 is 0 Å². The molecule has 0 heterocycles. The van der Waals surface area contributed by atoms with E-state index in [0.717, 1.165) is 17.5 Å². The van der Waals surface area contributed by atoms with Crippen molar-refractivity contribution in [3.05, 3.63) is 45.8 Å². The van der Waals surface area contributed by atoms with Crippen LogP contribution in [0.3, 0.4) is 0 Å². The van der Waals surface area contributed by atoms with Gasteiger partial charge in [0.2, 0.25) is 0 Å². The van der Waals surface area contributed by atoms with E-state index in [1.54, 1.807) is 0 Å². The maximum atomic E-state index is 8.07. The minimum Gasteiger partial charge on any atom is -0.115 e. The average molecular weight is 171 g/mol. The summed E-state index contributed by atoms with van der Waals surface area (Å²) < 4.78 is 0. The molecule has 1 aromatic rings. The zero-order chi connectivity index (χ0) is 9.52. The lowest BCUT2D eigenvalue weighted by Gasteiger charge is -1.97. The van der Waals surface area contributed by atoms with Crippen LogP contribution in [0.4, 0.5) is 0 Å². The number of terminal acetylenes is 1. The van der Waals surface area contributed by atoms with Gasteiger partial charge in [-0.05, 0) is 29.6 Å². The van der Waals surface area contributed by atoms with E-state index in [2.05, 4.69) is 15.9 Å². The fourth-order valence-corrected chi connectivity index (χ4v) is 1.04. The molecule has 0 bridgehead atoms. The molecule has 1 aromatic carbocycles. The zero-order valence-electron chi connectivity index (χ0n) is 7.14. The second-order valence-corrected chi connectivity index (χ2v) is 2.55. The lowest BCUT2D eigenvalue weighted by Crippen LogP contribution is -1.88. The van der Waals surface area contributed by atoms with Crippen molar-refractivity contribution in [2.75, 3.05) is 6.54 Å². The molecule has 0 radical (unpaired) electrons. The molecule has 0 unspecified atom stereocenters. The van der Waals surface area contributed by atoms with Gasteiger partial charge in [-0.2, -0.15) is 0 Å². The molecule has 0 atom stereocenters. The molecule has 0 N–H and O–H groups in total. The van der Waals surface area contributed by atoms with Crippen LogP contribution in [-0.4, -0.2) is 6.54 Å². The summed E-state index contributed by atoms with van der Waals surface area (Å²) in [5, 5.41) is 3.45. The van der Waals surface area contributed by atoms with Crippen molar-refractivity contribution >= 4 is 0 Å². The molecule has 3 nitrogen and oxygen atoms in total. The van der Waals surface area contributed by atoms with E-state index in [4.69, 9.17) is 12.0 Å². The zero-order valence-corrected chi connectivity index (χ0v) is 7.14. The highest BCUT2D eigenvalue weighted by molar-refractivity contribution is 5.35. The third-order valence-electron chi connectivity index (χ3n) is 1.66. The predicted octanol–water partition coefficient (Wildman–Crippen LogP) is 2.52. The lowest BCUT2D eigenvalue weighted by molar-refractivity contribution is 0.956. The molecule has 13 heavy (non-hydrogen) atoms. The number of hydrogen-bond acceptors (Lipinski definition) is 1. The van der Waals surface area contributed by atoms with Gasteiger partial charge < -0.3 is 0 Å². The van der Waals surface area contributed by atoms with E-state index < -0.39 is 0 Å². The fraction of sp³-hybridized carbons (Fsp3) is 0.200. The van der Waals surface area contributed by atoms with Gasteiger partial charge in [0.15, 0.2) is 0 Å². The number of azide groups is 1. The minimum atomic E-state index is 0.477. The molecule has 64 valence electrons. The van der Waals surface area contributed by atoms with Crippen molar-refractivity contribution in [3.8, 4) is 12.3 Å². The van der Waals surface area contributed by atoms with E-state index in [1.807, 2.05) is 24.3 Å². The second kappa shape index (κ2) is 4.87. The molecule has 0 aliphatic carbocycles. The number of nitrogens with zero attached hydrogens (tertiary/aromatic N) is 3. The molecule has 0 aliphatic heterocycles. The van der Waals surface area contributed by atoms with Crippen molar-refractivity contribution in [1.29, 1.82) is 0 Å². The van der Waals surface area contributed by atoms with Gasteiger partial charge in [-0.15, -0.1) is 6.42 Å². The topological polar surface area (TPSA) is 48.8 Å². The summed E-state index contributed by atoms with van der Waals surface area (Å²) in [6, 6.07) is 7.66. The minimum absolute atomic E-state index is 0.477. The average Bonchev–Trinajstić information content (AvgIpc) is 2.19. The summed E-state index contributed by atoms with van der Waals surface area (Å²) in [6.45, 7) is 0.477. The molecule has 0 saturated heterocycles. The Morgan fingerprint density at radius 2 is 2.38 bits per heavy atom. The number of rotatable bonds is 3. The number of benzene rings is 1. The second-order valence-electron chi connectivity index (χ2n) is 2.55. The molecule has 0 fully saturated rings. The van der Waals surface area contributed by atoms with Gasteiger partial charge in [-0.25, -0.2) is 0 Å². The fourth-order valence-electron chi connectivity index (χ4n) is 1.04. The first-order valence-corrected chi connectivity index (χ1v) is 3.93. The summed E-state index contributed by atoms with van der Waals surface area (Å²) in [5.41, 5.74) is 10.0. The Morgan fingerprint density at radius 1 is 1.54 bits per heavy atom. The Bertz CT molecular complexity index is 370. The van der Waals surface area contributed by atoms with Gasteiger partial charge in [0.05, 0.1) is 0 Å². The summed E-state index contributed by atoms with van der Waals surface area (Å²) in [4.78, 5) is 2.68. The van der Waals surface area contributed by atoms with Gasteiger partial charge in [0, 0.05) is 17.0 Å². The molecular formula is C10H9N3. The summed E-state index contributed by atoms with van der Waals surface area (Å²) in [7, 11) is 0. The van der Waals surface area contributed by atoms with Crippen LogP contribution in [0.1, 0.15) is 11.1 Å². The van der Waals surface area contributed by atoms with Crippen LogP contribution >= 0.6 is 0 Å². The first kappa shape index (κ1) is 9.18. The van der Waals surface area contributed by atoms with Crippen molar-refractivity contribution in [1.82, 2.24) is 0 Å². The van der Waals surface area contributed by atoms with Gasteiger partial charge in [-0.3, -0.25) is 0 Å². The van der Waals surface area contributed by atoms with E-state index >= 15 is 0 Å². The van der Waals surface area contributed by atoms with Crippen molar-refractivity contribution in [2.24, 2.45) is 5.11 Å². The lowest BCUT2D eigenvalue weighted by atomic mass is 10.1. The van der Waals surface area contributed by atoms with Crippen LogP contribution in [0.25, 0.3) is 10.4 Å². The smallest absolute Gasteiger partial charge is 0.0298 e. The van der Waals surface area contributed by atoms with Crippen molar-refractivity contribution < 1.29 is 0 Å². The van der Waals surface area contributed by atoms with Crippen molar-refractivity contribution in [3.63, 3.8) is 0 Å². The third-order valence-corrected chi connectivity index (χ3v) is 1.66. The van der Waals surface area contributed by atoms with Crippen LogP contribution in [0, 0.1) is 12.3 Å². The van der Waals surface area contributed by atoms with E-state index in [1.165, 1.54) is 0 Å². The predicted molar refractivity (Wildman–Crippen MR) is 52.1 cm³/mol. The molecule has 3 heteroatoms. The Hall–Kier alpha value is -1.91. The number of hydrogen-bond donors (Lipinski definition) is 0. The standard InChI is InChI=1S/C10H9N3/c1-2-9-4-3-5-10(8-9)6-7-12-13-11/h1,3-5,8H,6-7H2. The summed E-state index contributed by atoms with van der Waals surface area (Å²) >= 11 is 0. The van der Waals surface area contributed by atoms with E-state index in [9.17, 15) is 0 Å². The molecule has 0 spiro atoms. The van der Waals surface area contributed by atoms with Crippen LogP contribution in [0.15, 0.2) is 29.4 Å². The monoisotopic (exact) mass is 171 g/mol. The third kappa shape index (κ3) is 2.90. The Balaban J connectivity index is 2.67. The van der Waals surface area contributed by atoms with Crippen LogP contribution in [0.5, 0.6) is 0 Å². The molecule has 0 aliphatic rings. The Labute approximate surface area is 77.0 Å². The molecule has 0 amide bonds. The highest BCUT2D eigenvalue weighted by atomic mass is 15.1. The van der Waals surface area contributed by atoms with Gasteiger partial charge in [0.1, 0.15) is 0 Å². The van der Waals surface area contributed by atoms with E-state index in [0.29, 0.717) is 6.54 Å². The Morgan fingerprint density at radius 3 is 3.08 bits per heavy atom. The quantitative estimate of drug-likeness (QED) is 0.290. The van der Waals surface area contributed by atoms with Gasteiger partial charge in [-0.1, -0.05) is 23.2 Å². The Kier molecular flexibility index (Phi) is 3.44. The summed E-state index contributed by atoms with van der Waals surface area (Å²) in [5.74, 6) is 2.55. The highest BCUT2D eigenvalue weighted by Gasteiger charge is 1.92. The van der Waals surface area contributed by atoms with Crippen molar-refractivity contribution in [2.45, 2.75) is 6.42 Å². The molecular weight excluding hydrogens is 162 g/mol. The first-order valence-electron chi connectivity index (χ1n) is 3.93. The normalized spacial score (nSPS) is 8.54. The SMILES string of the molecule is C#Cc1cccc(CCN=[N+]=[N-])c1. The van der Waals surface area contributed by atoms with Crippen LogP contribution in [-0.2, 0) is 6.42 Å². The first-order chi connectivity index (χ1) is 6.36.